The van der Waals surface area contributed by atoms with Crippen LogP contribution in [0, 0.1) is 5.92 Å². The maximum atomic E-state index is 14.0. The number of rotatable bonds is 6. The maximum Gasteiger partial charge on any atom is 0.317 e. The average Bonchev–Trinajstić information content (AvgIpc) is 3.23. The number of carbonyl (C=O) groups excluding carboxylic acids is 1. The summed E-state index contributed by atoms with van der Waals surface area (Å²) in [5.74, 6) is 0.495. The number of benzene rings is 2. The third kappa shape index (κ3) is 4.47. The highest BCUT2D eigenvalue weighted by atomic mass is 16.5. The molecule has 7 rings (SSSR count). The summed E-state index contributed by atoms with van der Waals surface area (Å²) >= 11 is 0. The molecule has 2 aromatic carbocycles. The lowest BCUT2D eigenvalue weighted by Crippen LogP contribution is -2.64. The van der Waals surface area contributed by atoms with Gasteiger partial charge in [0, 0.05) is 18.8 Å². The smallest absolute Gasteiger partial charge is 0.317 e. The van der Waals surface area contributed by atoms with Gasteiger partial charge in [0.2, 0.25) is 0 Å². The number of esters is 1. The first-order valence-electron chi connectivity index (χ1n) is 13.7. The third-order valence-electron chi connectivity index (χ3n) is 9.03. The van der Waals surface area contributed by atoms with Gasteiger partial charge in [0.25, 0.3) is 0 Å². The zero-order valence-corrected chi connectivity index (χ0v) is 21.1. The van der Waals surface area contributed by atoms with Crippen LogP contribution in [0.3, 0.4) is 0 Å². The Balaban J connectivity index is 1.19. The molecule has 1 atom stereocenters. The molecule has 0 N–H and O–H groups in total. The Labute approximate surface area is 213 Å². The van der Waals surface area contributed by atoms with E-state index in [1.807, 2.05) is 41.1 Å². The average molecular weight is 486 g/mol. The maximum absolute atomic E-state index is 14.0. The highest BCUT2D eigenvalue weighted by molar-refractivity contribution is 5.83. The molecular formula is C30H37N4O2+. The van der Waals surface area contributed by atoms with Gasteiger partial charge in [0.05, 0.1) is 30.4 Å². The summed E-state index contributed by atoms with van der Waals surface area (Å²) in [6.07, 6.45) is 10.7. The number of ether oxygens (including phenoxy) is 1. The first kappa shape index (κ1) is 23.4. The molecule has 0 spiro atoms. The van der Waals surface area contributed by atoms with Gasteiger partial charge < -0.3 is 9.22 Å². The van der Waals surface area contributed by atoms with Crippen molar-refractivity contribution in [2.45, 2.75) is 69.4 Å². The summed E-state index contributed by atoms with van der Waals surface area (Å²) in [7, 11) is 0. The molecular weight excluding hydrogens is 448 g/mol. The topological polar surface area (TPSA) is 57.0 Å². The van der Waals surface area contributed by atoms with E-state index in [0.717, 1.165) is 86.1 Å². The van der Waals surface area contributed by atoms with Gasteiger partial charge in [-0.15, -0.1) is 5.10 Å². The Morgan fingerprint density at radius 3 is 2.31 bits per heavy atom. The van der Waals surface area contributed by atoms with Crippen molar-refractivity contribution in [3.05, 3.63) is 78.1 Å². The Bertz CT molecular complexity index is 1160. The summed E-state index contributed by atoms with van der Waals surface area (Å²) in [4.78, 5) is 14.0. The van der Waals surface area contributed by atoms with Crippen molar-refractivity contribution >= 4 is 5.97 Å². The summed E-state index contributed by atoms with van der Waals surface area (Å²) in [6, 6.07) is 20.6. The van der Waals surface area contributed by atoms with E-state index in [4.69, 9.17) is 4.74 Å². The number of aromatic nitrogens is 3. The molecule has 1 aliphatic carbocycles. The first-order chi connectivity index (χ1) is 17.7. The first-order valence-corrected chi connectivity index (χ1v) is 13.7. The molecule has 3 aromatic rings. The Morgan fingerprint density at radius 2 is 1.61 bits per heavy atom. The fraction of sp³-hybridized carbons (Fsp3) is 0.500. The van der Waals surface area contributed by atoms with Crippen molar-refractivity contribution in [3.63, 3.8) is 0 Å². The van der Waals surface area contributed by atoms with Gasteiger partial charge in [-0.2, -0.15) is 0 Å². The van der Waals surface area contributed by atoms with E-state index in [1.54, 1.807) is 0 Å². The lowest BCUT2D eigenvalue weighted by Gasteiger charge is -2.52. The molecule has 2 bridgehead atoms. The second-order valence-electron chi connectivity index (χ2n) is 11.3. The molecule has 1 saturated carbocycles. The van der Waals surface area contributed by atoms with Crippen molar-refractivity contribution in [2.24, 2.45) is 5.92 Å². The zero-order chi connectivity index (χ0) is 24.4. The van der Waals surface area contributed by atoms with Gasteiger partial charge in [-0.3, -0.25) is 4.79 Å². The van der Waals surface area contributed by atoms with Crippen molar-refractivity contribution < 1.29 is 14.0 Å². The van der Waals surface area contributed by atoms with Gasteiger partial charge in [-0.1, -0.05) is 79.4 Å². The van der Waals surface area contributed by atoms with Crippen LogP contribution in [0.1, 0.15) is 62.6 Å². The number of quaternary nitrogens is 1. The molecule has 4 aliphatic rings. The highest BCUT2D eigenvalue weighted by Gasteiger charge is 2.50. The van der Waals surface area contributed by atoms with Gasteiger partial charge >= 0.3 is 5.97 Å². The van der Waals surface area contributed by atoms with E-state index in [9.17, 15) is 4.79 Å². The van der Waals surface area contributed by atoms with Crippen LogP contribution in [0.2, 0.25) is 0 Å². The number of piperidine rings is 3. The van der Waals surface area contributed by atoms with Crippen molar-refractivity contribution in [1.82, 2.24) is 15.0 Å². The molecule has 6 nitrogen and oxygen atoms in total. The van der Waals surface area contributed by atoms with Crippen LogP contribution in [0.25, 0.3) is 5.69 Å². The molecule has 3 saturated heterocycles. The Hall–Kier alpha value is -2.99. The predicted molar refractivity (Wildman–Crippen MR) is 138 cm³/mol. The fourth-order valence-electron chi connectivity index (χ4n) is 6.95. The lowest BCUT2D eigenvalue weighted by molar-refractivity contribution is -0.958. The van der Waals surface area contributed by atoms with E-state index < -0.39 is 5.41 Å². The number of para-hydroxylation sites is 1. The van der Waals surface area contributed by atoms with E-state index in [2.05, 4.69) is 40.8 Å². The predicted octanol–water partition coefficient (Wildman–Crippen LogP) is 5.21. The monoisotopic (exact) mass is 485 g/mol. The Kier molecular flexibility index (Phi) is 6.38. The van der Waals surface area contributed by atoms with Crippen molar-refractivity contribution in [3.8, 4) is 5.69 Å². The molecule has 188 valence electrons. The molecule has 4 fully saturated rings. The molecule has 3 aliphatic heterocycles. The summed E-state index contributed by atoms with van der Waals surface area (Å²) in [5.41, 5.74) is 2.68. The van der Waals surface area contributed by atoms with Crippen LogP contribution in [0.4, 0.5) is 0 Å². The van der Waals surface area contributed by atoms with Crippen LogP contribution < -0.4 is 0 Å². The Morgan fingerprint density at radius 1 is 0.944 bits per heavy atom. The molecule has 4 heterocycles. The van der Waals surface area contributed by atoms with E-state index in [1.165, 1.54) is 12.8 Å². The quantitative estimate of drug-likeness (QED) is 0.273. The molecule has 0 radical (unpaired) electrons. The van der Waals surface area contributed by atoms with E-state index >= 15 is 0 Å². The number of hydrogen-bond acceptors (Lipinski definition) is 4. The van der Waals surface area contributed by atoms with Crippen molar-refractivity contribution in [2.75, 3.05) is 19.6 Å². The van der Waals surface area contributed by atoms with E-state index in [-0.39, 0.29) is 12.1 Å². The van der Waals surface area contributed by atoms with Crippen LogP contribution >= 0.6 is 0 Å². The second-order valence-corrected chi connectivity index (χ2v) is 11.3. The molecule has 0 unspecified atom stereocenters. The van der Waals surface area contributed by atoms with Crippen LogP contribution in [-0.2, 0) is 21.5 Å². The summed E-state index contributed by atoms with van der Waals surface area (Å²) in [5, 5.41) is 8.89. The minimum absolute atomic E-state index is 0.00647. The van der Waals surface area contributed by atoms with Gasteiger partial charge in [0.15, 0.2) is 6.10 Å². The SMILES string of the molecule is O=C(O[C@H]1C[N+]2(Cc3cn(-c4ccccc4)nn3)CCC1CC2)C1(c2ccccc2)CCCCCC1. The van der Waals surface area contributed by atoms with E-state index in [0.29, 0.717) is 5.92 Å². The summed E-state index contributed by atoms with van der Waals surface area (Å²) in [6.45, 7) is 3.98. The summed E-state index contributed by atoms with van der Waals surface area (Å²) < 4.78 is 9.32. The standard InChI is InChI=1S/C30H37N4O2/c35-29(30(17-9-1-2-10-18-30)25-11-5-3-6-12-25)36-28-23-34(19-15-24(28)16-20-34)22-26-21-33(32-31-26)27-13-7-4-8-14-27/h3-8,11-14,21,24,28H,1-2,9-10,15-20,22-23H2/q+1/t24?,28-,34?/m0/s1. The molecule has 36 heavy (non-hydrogen) atoms. The minimum atomic E-state index is -0.493. The number of nitrogens with zero attached hydrogens (tertiary/aromatic N) is 4. The second kappa shape index (κ2) is 9.81. The molecule has 6 heteroatoms. The zero-order valence-electron chi connectivity index (χ0n) is 21.1. The minimum Gasteiger partial charge on any atom is -0.455 e. The fourth-order valence-corrected chi connectivity index (χ4v) is 6.95. The van der Waals surface area contributed by atoms with Gasteiger partial charge in [-0.25, -0.2) is 4.68 Å². The number of carbonyl (C=O) groups is 1. The molecule has 0 amide bonds. The molecule has 1 aromatic heterocycles. The number of fused-ring (bicyclic) bond motifs is 3. The van der Waals surface area contributed by atoms with Crippen LogP contribution in [0.5, 0.6) is 0 Å². The largest absolute Gasteiger partial charge is 0.455 e. The number of hydrogen-bond donors (Lipinski definition) is 0. The van der Waals surface area contributed by atoms with Gasteiger partial charge in [-0.05, 0) is 30.5 Å². The van der Waals surface area contributed by atoms with Crippen LogP contribution in [0.15, 0.2) is 66.9 Å². The van der Waals surface area contributed by atoms with Gasteiger partial charge in [0.1, 0.15) is 18.8 Å². The third-order valence-corrected chi connectivity index (χ3v) is 9.03. The normalized spacial score (nSPS) is 27.3. The lowest BCUT2D eigenvalue weighted by atomic mass is 9.74. The van der Waals surface area contributed by atoms with Crippen LogP contribution in [-0.4, -0.2) is 51.2 Å². The van der Waals surface area contributed by atoms with Crippen molar-refractivity contribution in [1.29, 1.82) is 0 Å². The highest BCUT2D eigenvalue weighted by Crippen LogP contribution is 2.42.